The van der Waals surface area contributed by atoms with E-state index in [1.807, 2.05) is 0 Å². The van der Waals surface area contributed by atoms with E-state index in [1.54, 1.807) is 19.1 Å². The maximum atomic E-state index is 12.1. The summed E-state index contributed by atoms with van der Waals surface area (Å²) in [6.45, 7) is 1.88. The first-order chi connectivity index (χ1) is 10.0. The fraction of sp³-hybridized carbons (Fsp3) is 0.154. The Hall–Kier alpha value is -1.63. The van der Waals surface area contributed by atoms with Gasteiger partial charge < -0.3 is 9.94 Å². The molecule has 0 atom stereocenters. The topological polar surface area (TPSA) is 66.1 Å². The van der Waals surface area contributed by atoms with Crippen LogP contribution in [0.4, 0.5) is 0 Å². The molecule has 5 nitrogen and oxygen atoms in total. The maximum Gasteiger partial charge on any atom is 0.345 e. The summed E-state index contributed by atoms with van der Waals surface area (Å²) in [6, 6.07) is 3.29. The van der Waals surface area contributed by atoms with Crippen LogP contribution in [-0.4, -0.2) is 17.6 Å². The second-order valence-electron chi connectivity index (χ2n) is 4.18. The van der Waals surface area contributed by atoms with E-state index in [1.165, 1.54) is 11.3 Å². The molecule has 1 aromatic carbocycles. The number of thiazole rings is 1. The van der Waals surface area contributed by atoms with Gasteiger partial charge in [-0.2, -0.15) is 4.73 Å². The van der Waals surface area contributed by atoms with Crippen molar-refractivity contribution in [2.75, 3.05) is 6.61 Å². The molecule has 0 aliphatic heterocycles. The van der Waals surface area contributed by atoms with Gasteiger partial charge in [0.05, 0.1) is 27.2 Å². The Kier molecular flexibility index (Phi) is 3.61. The van der Waals surface area contributed by atoms with Crippen molar-refractivity contribution >= 4 is 61.6 Å². The third-order valence-corrected chi connectivity index (χ3v) is 4.53. The minimum atomic E-state index is -0.637. The maximum absolute atomic E-state index is 12.1. The number of pyridine rings is 1. The number of aromatic nitrogens is 2. The van der Waals surface area contributed by atoms with E-state index in [9.17, 15) is 10.0 Å². The van der Waals surface area contributed by atoms with E-state index in [4.69, 9.17) is 27.9 Å². The first-order valence-electron chi connectivity index (χ1n) is 6.00. The standard InChI is InChI=1S/C13H8Cl2N2O3S/c1-2-20-12(18)6-5-17(19)8-4-3-7-11(9(8)10(6)14)21-13(15)16-7/h3-5H,2H2,1H3. The zero-order valence-corrected chi connectivity index (χ0v) is 13.1. The van der Waals surface area contributed by atoms with Gasteiger partial charge in [-0.1, -0.05) is 23.2 Å². The molecule has 0 saturated heterocycles. The molecule has 0 aliphatic carbocycles. The second kappa shape index (κ2) is 5.29. The van der Waals surface area contributed by atoms with Gasteiger partial charge in [-0.25, -0.2) is 9.78 Å². The number of hydrogen-bond acceptors (Lipinski definition) is 5. The lowest BCUT2D eigenvalue weighted by atomic mass is 10.1. The fourth-order valence-electron chi connectivity index (χ4n) is 2.08. The third-order valence-electron chi connectivity index (χ3n) is 2.94. The molecule has 8 heteroatoms. The molecule has 0 N–H and O–H groups in total. The number of benzene rings is 1. The monoisotopic (exact) mass is 342 g/mol. The van der Waals surface area contributed by atoms with Gasteiger partial charge in [0.15, 0.2) is 10.7 Å². The minimum absolute atomic E-state index is 0.0260. The van der Waals surface area contributed by atoms with Gasteiger partial charge in [0, 0.05) is 6.07 Å². The van der Waals surface area contributed by atoms with E-state index in [2.05, 4.69) is 4.98 Å². The summed E-state index contributed by atoms with van der Waals surface area (Å²) in [6.07, 6.45) is 1.12. The van der Waals surface area contributed by atoms with E-state index < -0.39 is 5.97 Å². The average molecular weight is 343 g/mol. The normalized spacial score (nSPS) is 11.2. The molecule has 0 aliphatic rings. The summed E-state index contributed by atoms with van der Waals surface area (Å²) in [5, 5.41) is 12.7. The van der Waals surface area contributed by atoms with Crippen LogP contribution < -0.4 is 4.73 Å². The number of esters is 1. The second-order valence-corrected chi connectivity index (χ2v) is 6.14. The van der Waals surface area contributed by atoms with Crippen LogP contribution >= 0.6 is 34.5 Å². The van der Waals surface area contributed by atoms with Crippen molar-refractivity contribution < 1.29 is 14.3 Å². The zero-order chi connectivity index (χ0) is 15.1. The molecular formula is C13H8Cl2N2O3S. The Morgan fingerprint density at radius 3 is 2.95 bits per heavy atom. The number of rotatable bonds is 2. The number of halogens is 2. The molecule has 0 radical (unpaired) electrons. The lowest BCUT2D eigenvalue weighted by molar-refractivity contribution is -0.577. The molecule has 3 aromatic rings. The Bertz CT molecular complexity index is 879. The van der Waals surface area contributed by atoms with E-state index >= 15 is 0 Å². The summed E-state index contributed by atoms with van der Waals surface area (Å²) >= 11 is 13.4. The number of ether oxygens (including phenoxy) is 1. The predicted molar refractivity (Wildman–Crippen MR) is 82.1 cm³/mol. The van der Waals surface area contributed by atoms with E-state index in [-0.39, 0.29) is 17.2 Å². The lowest BCUT2D eigenvalue weighted by Crippen LogP contribution is -2.29. The molecule has 2 aromatic heterocycles. The molecule has 0 amide bonds. The van der Waals surface area contributed by atoms with Crippen molar-refractivity contribution in [2.45, 2.75) is 6.92 Å². The predicted octanol–water partition coefficient (Wildman–Crippen LogP) is 3.57. The number of carbonyl (C=O) groups is 1. The van der Waals surface area contributed by atoms with Crippen LogP contribution in [-0.2, 0) is 4.74 Å². The number of carbonyl (C=O) groups excluding carboxylic acids is 1. The van der Waals surface area contributed by atoms with Gasteiger partial charge in [-0.3, -0.25) is 0 Å². The minimum Gasteiger partial charge on any atom is -0.618 e. The van der Waals surface area contributed by atoms with E-state index in [0.29, 0.717) is 30.3 Å². The van der Waals surface area contributed by atoms with Gasteiger partial charge in [-0.15, -0.1) is 11.3 Å². The van der Waals surface area contributed by atoms with E-state index in [0.717, 1.165) is 6.20 Å². The van der Waals surface area contributed by atoms with Crippen LogP contribution in [0.5, 0.6) is 0 Å². The van der Waals surface area contributed by atoms with Crippen LogP contribution in [0.1, 0.15) is 17.3 Å². The Labute approximate surface area is 133 Å². The number of hydrogen-bond donors (Lipinski definition) is 0. The van der Waals surface area contributed by atoms with Crippen molar-refractivity contribution in [3.63, 3.8) is 0 Å². The van der Waals surface area contributed by atoms with Crippen molar-refractivity contribution in [1.82, 2.24) is 4.98 Å². The van der Waals surface area contributed by atoms with Gasteiger partial charge in [0.2, 0.25) is 5.52 Å². The van der Waals surface area contributed by atoms with Crippen molar-refractivity contribution in [2.24, 2.45) is 0 Å². The van der Waals surface area contributed by atoms with Crippen molar-refractivity contribution in [3.05, 3.63) is 38.6 Å². The van der Waals surface area contributed by atoms with Gasteiger partial charge in [0.25, 0.3) is 0 Å². The van der Waals surface area contributed by atoms with Crippen LogP contribution in [0.25, 0.3) is 21.1 Å². The number of nitrogens with zero attached hydrogens (tertiary/aromatic N) is 2. The summed E-state index contributed by atoms with van der Waals surface area (Å²) in [4.78, 5) is 16.0. The third kappa shape index (κ3) is 2.29. The largest absolute Gasteiger partial charge is 0.618 e. The Morgan fingerprint density at radius 2 is 2.24 bits per heavy atom. The van der Waals surface area contributed by atoms with Crippen LogP contribution in [0.15, 0.2) is 18.3 Å². The average Bonchev–Trinajstić information content (AvgIpc) is 2.82. The molecule has 0 fully saturated rings. The van der Waals surface area contributed by atoms with Crippen LogP contribution in [0.3, 0.4) is 0 Å². The summed E-state index contributed by atoms with van der Waals surface area (Å²) in [5.41, 5.74) is 0.999. The van der Waals surface area contributed by atoms with Gasteiger partial charge in [-0.05, 0) is 13.0 Å². The van der Waals surface area contributed by atoms with Gasteiger partial charge in [0.1, 0.15) is 5.56 Å². The van der Waals surface area contributed by atoms with Crippen LogP contribution in [0.2, 0.25) is 9.49 Å². The molecule has 108 valence electrons. The first kappa shape index (κ1) is 14.3. The lowest BCUT2D eigenvalue weighted by Gasteiger charge is -2.08. The Balaban J connectivity index is 2.41. The highest BCUT2D eigenvalue weighted by Gasteiger charge is 2.23. The molecule has 3 rings (SSSR count). The molecule has 0 spiro atoms. The van der Waals surface area contributed by atoms with Gasteiger partial charge >= 0.3 is 5.97 Å². The van der Waals surface area contributed by atoms with Crippen LogP contribution in [0, 0.1) is 5.21 Å². The molecule has 2 heterocycles. The highest BCUT2D eigenvalue weighted by Crippen LogP contribution is 2.36. The van der Waals surface area contributed by atoms with Crippen molar-refractivity contribution in [3.8, 4) is 0 Å². The highest BCUT2D eigenvalue weighted by molar-refractivity contribution is 7.23. The molecular weight excluding hydrogens is 335 g/mol. The SMILES string of the molecule is CCOC(=O)c1c[n+]([O-])c2ccc3nc(Cl)sc3c2c1Cl. The number of fused-ring (bicyclic) bond motifs is 3. The summed E-state index contributed by atoms with van der Waals surface area (Å²) in [5.74, 6) is -0.637. The highest BCUT2D eigenvalue weighted by atomic mass is 35.5. The van der Waals surface area contributed by atoms with Crippen molar-refractivity contribution in [1.29, 1.82) is 0 Å². The summed E-state index contributed by atoms with van der Waals surface area (Å²) < 4.78 is 6.52. The first-order valence-corrected chi connectivity index (χ1v) is 7.57. The summed E-state index contributed by atoms with van der Waals surface area (Å²) in [7, 11) is 0. The zero-order valence-electron chi connectivity index (χ0n) is 10.7. The smallest absolute Gasteiger partial charge is 0.345 e. The quantitative estimate of drug-likeness (QED) is 0.405. The molecule has 21 heavy (non-hydrogen) atoms. The Morgan fingerprint density at radius 1 is 1.48 bits per heavy atom. The molecule has 0 bridgehead atoms. The molecule has 0 saturated carbocycles. The molecule has 0 unspecified atom stereocenters. The fourth-order valence-corrected chi connectivity index (χ4v) is 3.61.